The lowest BCUT2D eigenvalue weighted by molar-refractivity contribution is -0.231. The summed E-state index contributed by atoms with van der Waals surface area (Å²) < 4.78 is 37.9. The molecule has 1 heterocycles. The monoisotopic (exact) mass is 584 g/mol. The topological polar surface area (TPSA) is 75.6 Å². The fourth-order valence-corrected chi connectivity index (χ4v) is 5.16. The predicted molar refractivity (Wildman–Crippen MR) is 163 cm³/mol. The molecule has 1 aliphatic rings. The van der Waals surface area contributed by atoms with Gasteiger partial charge in [0, 0.05) is 7.11 Å². The summed E-state index contributed by atoms with van der Waals surface area (Å²) in [7, 11) is 1.51. The Kier molecular flexibility index (Phi) is 11.9. The summed E-state index contributed by atoms with van der Waals surface area (Å²) in [5, 5.41) is 11.6. The van der Waals surface area contributed by atoms with Crippen molar-refractivity contribution in [2.45, 2.75) is 63.2 Å². The summed E-state index contributed by atoms with van der Waals surface area (Å²) in [6.07, 6.45) is -4.97. The van der Waals surface area contributed by atoms with Crippen LogP contribution >= 0.6 is 0 Å². The van der Waals surface area contributed by atoms with Crippen LogP contribution in [0.2, 0.25) is 0 Å². The zero-order valence-electron chi connectivity index (χ0n) is 24.4. The van der Waals surface area contributed by atoms with Crippen LogP contribution in [-0.4, -0.2) is 55.6 Å². The van der Waals surface area contributed by atoms with Crippen LogP contribution in [0.4, 0.5) is 0 Å². The standard InChI is InChI=1S/C36H40O7/c1-38-36-32(37)34(41-24-29-18-10-4-11-19-29)35(42-25-30-20-12-5-13-21-30)33(40-23-28-16-8-3-9-17-28)31(43-36)26-39-22-27-14-6-2-7-15-27/h2-21,31-37H,22-26H2,1H3/t31-,32-,33-,34+,35+,36-/m1/s1. The number of aliphatic hydroxyl groups is 1. The number of benzene rings is 4. The van der Waals surface area contributed by atoms with Crippen LogP contribution in [0.15, 0.2) is 121 Å². The first-order chi connectivity index (χ1) is 21.2. The van der Waals surface area contributed by atoms with Crippen molar-refractivity contribution >= 4 is 0 Å². The number of methoxy groups -OCH3 is 1. The van der Waals surface area contributed by atoms with Gasteiger partial charge in [0.15, 0.2) is 6.29 Å². The summed E-state index contributed by atoms with van der Waals surface area (Å²) >= 11 is 0. The maximum absolute atomic E-state index is 11.6. The molecule has 6 atom stereocenters. The number of ether oxygens (including phenoxy) is 6. The molecule has 1 saturated heterocycles. The summed E-state index contributed by atoms with van der Waals surface area (Å²) in [5.41, 5.74) is 4.01. The summed E-state index contributed by atoms with van der Waals surface area (Å²) in [6, 6.07) is 39.6. The van der Waals surface area contributed by atoms with Gasteiger partial charge in [0.05, 0.1) is 33.0 Å². The lowest BCUT2D eigenvalue weighted by Crippen LogP contribution is -2.51. The average Bonchev–Trinajstić information content (AvgIpc) is 3.17. The van der Waals surface area contributed by atoms with Gasteiger partial charge in [-0.05, 0) is 22.3 Å². The van der Waals surface area contributed by atoms with Gasteiger partial charge >= 0.3 is 0 Å². The van der Waals surface area contributed by atoms with Gasteiger partial charge in [-0.1, -0.05) is 121 Å². The van der Waals surface area contributed by atoms with E-state index in [1.165, 1.54) is 7.11 Å². The molecular weight excluding hydrogens is 544 g/mol. The Morgan fingerprint density at radius 2 is 0.930 bits per heavy atom. The maximum Gasteiger partial charge on any atom is 0.186 e. The molecule has 0 aromatic heterocycles. The minimum atomic E-state index is -1.16. The number of aliphatic hydroxyl groups excluding tert-OH is 1. The van der Waals surface area contributed by atoms with Crippen LogP contribution in [0, 0.1) is 0 Å². The lowest BCUT2D eigenvalue weighted by Gasteiger charge is -2.35. The molecule has 4 aromatic rings. The van der Waals surface area contributed by atoms with E-state index in [1.54, 1.807) is 0 Å². The van der Waals surface area contributed by atoms with E-state index < -0.39 is 36.8 Å². The Hall–Kier alpha value is -3.40. The van der Waals surface area contributed by atoms with Crippen molar-refractivity contribution in [3.63, 3.8) is 0 Å². The van der Waals surface area contributed by atoms with Gasteiger partial charge in [0.2, 0.25) is 0 Å². The van der Waals surface area contributed by atoms with Gasteiger partial charge in [0.1, 0.15) is 30.5 Å². The molecule has 7 heteroatoms. The molecule has 0 radical (unpaired) electrons. The quantitative estimate of drug-likeness (QED) is 0.204. The van der Waals surface area contributed by atoms with Crippen molar-refractivity contribution in [3.8, 4) is 0 Å². The van der Waals surface area contributed by atoms with Gasteiger partial charge < -0.3 is 33.5 Å². The zero-order chi connectivity index (χ0) is 29.7. The van der Waals surface area contributed by atoms with Crippen LogP contribution < -0.4 is 0 Å². The van der Waals surface area contributed by atoms with Crippen LogP contribution in [0.5, 0.6) is 0 Å². The fraction of sp³-hybridized carbons (Fsp3) is 0.333. The fourth-order valence-electron chi connectivity index (χ4n) is 5.16. The van der Waals surface area contributed by atoms with Gasteiger partial charge in [-0.2, -0.15) is 0 Å². The molecule has 1 aliphatic heterocycles. The van der Waals surface area contributed by atoms with Crippen molar-refractivity contribution in [1.29, 1.82) is 0 Å². The van der Waals surface area contributed by atoms with Crippen molar-refractivity contribution in [2.75, 3.05) is 13.7 Å². The molecule has 0 amide bonds. The molecule has 1 N–H and O–H groups in total. The van der Waals surface area contributed by atoms with E-state index in [0.29, 0.717) is 19.8 Å². The van der Waals surface area contributed by atoms with E-state index in [2.05, 4.69) is 0 Å². The molecular formula is C36H40O7. The van der Waals surface area contributed by atoms with Crippen molar-refractivity contribution in [2.24, 2.45) is 0 Å². The molecule has 5 rings (SSSR count). The van der Waals surface area contributed by atoms with Gasteiger partial charge in [-0.3, -0.25) is 0 Å². The van der Waals surface area contributed by atoms with Gasteiger partial charge in [-0.25, -0.2) is 0 Å². The van der Waals surface area contributed by atoms with E-state index in [9.17, 15) is 5.11 Å². The van der Waals surface area contributed by atoms with Crippen LogP contribution in [0.25, 0.3) is 0 Å². The summed E-state index contributed by atoms with van der Waals surface area (Å²) in [4.78, 5) is 0. The smallest absolute Gasteiger partial charge is 0.186 e. The summed E-state index contributed by atoms with van der Waals surface area (Å²) in [6.45, 7) is 1.47. The number of hydrogen-bond donors (Lipinski definition) is 1. The van der Waals surface area contributed by atoms with Gasteiger partial charge in [0.25, 0.3) is 0 Å². The molecule has 0 aliphatic carbocycles. The average molecular weight is 585 g/mol. The molecule has 7 nitrogen and oxygen atoms in total. The molecule has 4 aromatic carbocycles. The second-order valence-electron chi connectivity index (χ2n) is 10.6. The van der Waals surface area contributed by atoms with E-state index in [4.69, 9.17) is 28.4 Å². The predicted octanol–water partition coefficient (Wildman–Crippen LogP) is 5.69. The van der Waals surface area contributed by atoms with Crippen molar-refractivity contribution in [1.82, 2.24) is 0 Å². The third kappa shape index (κ3) is 9.05. The second kappa shape index (κ2) is 16.4. The highest BCUT2D eigenvalue weighted by Gasteiger charge is 2.49. The maximum atomic E-state index is 11.6. The largest absolute Gasteiger partial charge is 0.385 e. The normalized spacial score (nSPS) is 24.0. The zero-order valence-corrected chi connectivity index (χ0v) is 24.4. The SMILES string of the molecule is CO[C@@H]1O[C@H](COCc2ccccc2)[C@@H](OCc2ccccc2)[C@H](OCc2ccccc2)[C@@H](OCc2ccccc2)[C@H]1O. The molecule has 0 unspecified atom stereocenters. The first-order valence-corrected chi connectivity index (χ1v) is 14.7. The number of hydrogen-bond acceptors (Lipinski definition) is 7. The highest BCUT2D eigenvalue weighted by atomic mass is 16.7. The van der Waals surface area contributed by atoms with Crippen LogP contribution in [0.1, 0.15) is 22.3 Å². The van der Waals surface area contributed by atoms with Crippen LogP contribution in [-0.2, 0) is 54.8 Å². The van der Waals surface area contributed by atoms with Gasteiger partial charge in [-0.15, -0.1) is 0 Å². The van der Waals surface area contributed by atoms with E-state index in [0.717, 1.165) is 22.3 Å². The number of rotatable bonds is 14. The Bertz CT molecular complexity index is 1310. The minimum absolute atomic E-state index is 0.192. The Labute approximate surface area is 253 Å². The Morgan fingerprint density at radius 1 is 0.535 bits per heavy atom. The molecule has 0 spiro atoms. The molecule has 1 fully saturated rings. The third-order valence-corrected chi connectivity index (χ3v) is 7.42. The molecule has 43 heavy (non-hydrogen) atoms. The Morgan fingerprint density at radius 3 is 1.37 bits per heavy atom. The first kappa shape index (κ1) is 31.0. The lowest BCUT2D eigenvalue weighted by atomic mass is 9.99. The molecule has 0 bridgehead atoms. The van der Waals surface area contributed by atoms with E-state index in [-0.39, 0.29) is 13.2 Å². The van der Waals surface area contributed by atoms with Crippen molar-refractivity contribution < 1.29 is 33.5 Å². The molecule has 0 saturated carbocycles. The summed E-state index contributed by atoms with van der Waals surface area (Å²) in [5.74, 6) is 0. The first-order valence-electron chi connectivity index (χ1n) is 14.7. The molecule has 226 valence electrons. The van der Waals surface area contributed by atoms with Crippen molar-refractivity contribution in [3.05, 3.63) is 144 Å². The Balaban J connectivity index is 1.44. The minimum Gasteiger partial charge on any atom is -0.385 e. The van der Waals surface area contributed by atoms with Crippen LogP contribution in [0.3, 0.4) is 0 Å². The highest BCUT2D eigenvalue weighted by molar-refractivity contribution is 5.16. The van der Waals surface area contributed by atoms with E-state index in [1.807, 2.05) is 121 Å². The third-order valence-electron chi connectivity index (χ3n) is 7.42. The van der Waals surface area contributed by atoms with E-state index >= 15 is 0 Å². The highest BCUT2D eigenvalue weighted by Crippen LogP contribution is 2.30. The second-order valence-corrected chi connectivity index (χ2v) is 10.6.